The fourth-order valence-corrected chi connectivity index (χ4v) is 4.02. The first-order chi connectivity index (χ1) is 14.2. The molecule has 1 fully saturated rings. The maximum absolute atomic E-state index is 13.2. The Hall–Kier alpha value is -2.69. The minimum absolute atomic E-state index is 0.0257. The molecule has 158 valence electrons. The normalized spacial score (nSPS) is 14.2. The molecule has 2 heterocycles. The van der Waals surface area contributed by atoms with Crippen molar-refractivity contribution in [2.45, 2.75) is 44.9 Å². The van der Waals surface area contributed by atoms with Crippen LogP contribution in [0.2, 0.25) is 0 Å². The number of amides is 1. The minimum Gasteiger partial charge on any atom is -0.292 e. The van der Waals surface area contributed by atoms with Crippen LogP contribution >= 0.6 is 15.9 Å². The zero-order valence-corrected chi connectivity index (χ0v) is 17.5. The SMILES string of the molecule is Cc1ccccc1Cn1cnc(NC(=O)Cn2nc(C(F)(F)F)c(Br)c2C2CC2)n1. The van der Waals surface area contributed by atoms with Gasteiger partial charge in [0.15, 0.2) is 5.69 Å². The molecule has 11 heteroatoms. The average molecular weight is 483 g/mol. The van der Waals surface area contributed by atoms with Crippen LogP contribution in [0.4, 0.5) is 19.1 Å². The number of nitrogens with one attached hydrogen (secondary N) is 1. The van der Waals surface area contributed by atoms with Crippen LogP contribution in [-0.4, -0.2) is 30.5 Å². The van der Waals surface area contributed by atoms with Crippen LogP contribution in [0.5, 0.6) is 0 Å². The Balaban J connectivity index is 1.46. The smallest absolute Gasteiger partial charge is 0.292 e. The largest absolute Gasteiger partial charge is 0.436 e. The Morgan fingerprint density at radius 1 is 1.27 bits per heavy atom. The highest BCUT2D eigenvalue weighted by Crippen LogP contribution is 2.46. The van der Waals surface area contributed by atoms with Gasteiger partial charge in [0.05, 0.1) is 16.7 Å². The molecule has 0 atom stereocenters. The molecule has 1 amide bonds. The van der Waals surface area contributed by atoms with Crippen LogP contribution in [0.15, 0.2) is 35.1 Å². The first kappa shape index (κ1) is 20.6. The second kappa shape index (κ2) is 7.86. The van der Waals surface area contributed by atoms with Gasteiger partial charge in [-0.25, -0.2) is 9.67 Å². The van der Waals surface area contributed by atoms with Crippen LogP contribution in [0.1, 0.15) is 41.3 Å². The van der Waals surface area contributed by atoms with Crippen molar-refractivity contribution in [1.82, 2.24) is 24.5 Å². The van der Waals surface area contributed by atoms with E-state index in [-0.39, 0.29) is 22.9 Å². The van der Waals surface area contributed by atoms with E-state index < -0.39 is 17.8 Å². The van der Waals surface area contributed by atoms with Gasteiger partial charge in [-0.1, -0.05) is 24.3 Å². The molecule has 1 aliphatic carbocycles. The number of hydrogen-bond donors (Lipinski definition) is 1. The lowest BCUT2D eigenvalue weighted by Gasteiger charge is -2.07. The second-order valence-corrected chi connectivity index (χ2v) is 8.01. The van der Waals surface area contributed by atoms with Gasteiger partial charge >= 0.3 is 6.18 Å². The molecule has 1 aromatic carbocycles. The zero-order valence-electron chi connectivity index (χ0n) is 15.9. The van der Waals surface area contributed by atoms with Gasteiger partial charge in [0.25, 0.3) is 0 Å². The van der Waals surface area contributed by atoms with E-state index in [4.69, 9.17) is 0 Å². The van der Waals surface area contributed by atoms with Gasteiger partial charge in [0.2, 0.25) is 11.9 Å². The maximum atomic E-state index is 13.2. The van der Waals surface area contributed by atoms with Crippen molar-refractivity contribution < 1.29 is 18.0 Å². The third-order valence-corrected chi connectivity index (χ3v) is 5.62. The number of nitrogens with zero attached hydrogens (tertiary/aromatic N) is 5. The molecule has 2 aromatic heterocycles. The van der Waals surface area contributed by atoms with Crippen molar-refractivity contribution in [3.63, 3.8) is 0 Å². The molecule has 1 saturated carbocycles. The Bertz CT molecular complexity index is 1090. The summed E-state index contributed by atoms with van der Waals surface area (Å²) in [5, 5.41) is 10.4. The molecule has 0 bridgehead atoms. The summed E-state index contributed by atoms with van der Waals surface area (Å²) in [6.45, 7) is 2.12. The quantitative estimate of drug-likeness (QED) is 0.572. The van der Waals surface area contributed by atoms with Crippen molar-refractivity contribution in [3.8, 4) is 0 Å². The van der Waals surface area contributed by atoms with E-state index in [1.165, 1.54) is 6.33 Å². The molecular formula is C19H18BrF3N6O. The molecule has 0 saturated heterocycles. The average Bonchev–Trinajstić information content (AvgIpc) is 3.31. The summed E-state index contributed by atoms with van der Waals surface area (Å²) in [6.07, 6.45) is -1.56. The third kappa shape index (κ3) is 4.40. The standard InChI is InChI=1S/C19H18BrF3N6O/c1-11-4-2-3-5-13(11)8-28-10-24-18(27-28)25-14(30)9-29-16(12-6-7-12)15(20)17(26-29)19(21,22)23/h2-5,10,12H,6-9H2,1H3,(H,25,27,30). The van der Waals surface area contributed by atoms with E-state index in [9.17, 15) is 18.0 Å². The van der Waals surface area contributed by atoms with E-state index in [0.29, 0.717) is 12.2 Å². The highest BCUT2D eigenvalue weighted by atomic mass is 79.9. The third-order valence-electron chi connectivity index (χ3n) is 4.84. The van der Waals surface area contributed by atoms with Gasteiger partial charge in [-0.15, -0.1) is 5.10 Å². The molecule has 1 aliphatic rings. The van der Waals surface area contributed by atoms with E-state index in [1.54, 1.807) is 4.68 Å². The number of rotatable bonds is 6. The molecule has 0 spiro atoms. The monoisotopic (exact) mass is 482 g/mol. The van der Waals surface area contributed by atoms with E-state index in [2.05, 4.69) is 36.4 Å². The molecule has 0 unspecified atom stereocenters. The Morgan fingerprint density at radius 2 is 2.00 bits per heavy atom. The maximum Gasteiger partial charge on any atom is 0.436 e. The summed E-state index contributed by atoms with van der Waals surface area (Å²) in [6, 6.07) is 7.84. The topological polar surface area (TPSA) is 77.6 Å². The van der Waals surface area contributed by atoms with Crippen molar-refractivity contribution in [2.24, 2.45) is 0 Å². The number of anilines is 1. The molecule has 0 aliphatic heterocycles. The molecule has 4 rings (SSSR count). The lowest BCUT2D eigenvalue weighted by molar-refractivity contribution is -0.142. The molecular weight excluding hydrogens is 465 g/mol. The summed E-state index contributed by atoms with van der Waals surface area (Å²) in [4.78, 5) is 16.5. The number of aromatic nitrogens is 5. The fourth-order valence-electron chi connectivity index (χ4n) is 3.19. The minimum atomic E-state index is -4.60. The van der Waals surface area contributed by atoms with Crippen LogP contribution in [0.3, 0.4) is 0 Å². The van der Waals surface area contributed by atoms with Gasteiger partial charge < -0.3 is 0 Å². The number of benzene rings is 1. The number of aryl methyl sites for hydroxylation is 1. The van der Waals surface area contributed by atoms with Crippen LogP contribution < -0.4 is 5.32 Å². The highest BCUT2D eigenvalue weighted by molar-refractivity contribution is 9.10. The first-order valence-electron chi connectivity index (χ1n) is 9.29. The summed E-state index contributed by atoms with van der Waals surface area (Å²) in [5.41, 5.74) is 1.56. The molecule has 3 aromatic rings. The van der Waals surface area contributed by atoms with Crippen LogP contribution in [-0.2, 0) is 24.1 Å². The van der Waals surface area contributed by atoms with Crippen molar-refractivity contribution >= 4 is 27.8 Å². The van der Waals surface area contributed by atoms with Gasteiger partial charge in [0.1, 0.15) is 12.9 Å². The van der Waals surface area contributed by atoms with E-state index >= 15 is 0 Å². The zero-order chi connectivity index (χ0) is 21.5. The molecule has 30 heavy (non-hydrogen) atoms. The summed E-state index contributed by atoms with van der Waals surface area (Å²) in [5.74, 6) is -0.486. The molecule has 7 nitrogen and oxygen atoms in total. The van der Waals surface area contributed by atoms with Gasteiger partial charge in [-0.3, -0.25) is 14.8 Å². The summed E-state index contributed by atoms with van der Waals surface area (Å²) in [7, 11) is 0. The Morgan fingerprint density at radius 3 is 2.67 bits per heavy atom. The number of carbonyl (C=O) groups is 1. The van der Waals surface area contributed by atoms with Gasteiger partial charge in [0, 0.05) is 5.92 Å². The first-order valence-corrected chi connectivity index (χ1v) is 10.1. The number of carbonyl (C=O) groups excluding carboxylic acids is 1. The molecule has 1 N–H and O–H groups in total. The molecule has 0 radical (unpaired) electrons. The summed E-state index contributed by atoms with van der Waals surface area (Å²) >= 11 is 3.01. The predicted molar refractivity (Wildman–Crippen MR) is 106 cm³/mol. The second-order valence-electron chi connectivity index (χ2n) is 7.22. The fraction of sp³-hybridized carbons (Fsp3) is 0.368. The lowest BCUT2D eigenvalue weighted by Crippen LogP contribution is -2.22. The predicted octanol–water partition coefficient (Wildman–Crippen LogP) is 4.13. The van der Waals surface area contributed by atoms with Crippen molar-refractivity contribution in [1.29, 1.82) is 0 Å². The van der Waals surface area contributed by atoms with Crippen LogP contribution in [0, 0.1) is 6.92 Å². The van der Waals surface area contributed by atoms with Gasteiger partial charge in [-0.2, -0.15) is 18.3 Å². The van der Waals surface area contributed by atoms with Gasteiger partial charge in [-0.05, 0) is 46.8 Å². The van der Waals surface area contributed by atoms with Crippen molar-refractivity contribution in [2.75, 3.05) is 5.32 Å². The van der Waals surface area contributed by atoms with E-state index in [1.807, 2.05) is 31.2 Å². The van der Waals surface area contributed by atoms with E-state index in [0.717, 1.165) is 28.7 Å². The lowest BCUT2D eigenvalue weighted by atomic mass is 10.1. The Kier molecular flexibility index (Phi) is 5.39. The number of alkyl halides is 3. The van der Waals surface area contributed by atoms with Crippen LogP contribution in [0.25, 0.3) is 0 Å². The Labute approximate surface area is 178 Å². The number of hydrogen-bond acceptors (Lipinski definition) is 4. The summed E-state index contributed by atoms with van der Waals surface area (Å²) < 4.78 is 42.2. The van der Waals surface area contributed by atoms with Crippen molar-refractivity contribution in [3.05, 3.63) is 57.6 Å². The number of halogens is 4. The highest BCUT2D eigenvalue weighted by Gasteiger charge is 2.42.